The Morgan fingerprint density at radius 1 is 1.31 bits per heavy atom. The van der Waals surface area contributed by atoms with Gasteiger partial charge in [-0.15, -0.1) is 0 Å². The summed E-state index contributed by atoms with van der Waals surface area (Å²) in [6.07, 6.45) is 0.499. The van der Waals surface area contributed by atoms with Gasteiger partial charge < -0.3 is 10.8 Å². The number of hydrogen-bond donors (Lipinski definition) is 2. The zero-order valence-corrected chi connectivity index (χ0v) is 7.98. The van der Waals surface area contributed by atoms with Gasteiger partial charge in [-0.2, -0.15) is 0 Å². The lowest BCUT2D eigenvalue weighted by molar-refractivity contribution is 0.124. The fraction of sp³-hybridized carbons (Fsp3) is 0.455. The first kappa shape index (κ1) is 10.2. The highest BCUT2D eigenvalue weighted by atomic mass is 16.3. The summed E-state index contributed by atoms with van der Waals surface area (Å²) < 4.78 is 0. The summed E-state index contributed by atoms with van der Waals surface area (Å²) >= 11 is 0. The molecule has 0 aliphatic heterocycles. The van der Waals surface area contributed by atoms with E-state index in [9.17, 15) is 5.11 Å². The normalized spacial score (nSPS) is 15.3. The highest BCUT2D eigenvalue weighted by Gasteiger charge is 2.12. The van der Waals surface area contributed by atoms with Gasteiger partial charge in [0.1, 0.15) is 0 Å². The molecule has 13 heavy (non-hydrogen) atoms. The molecule has 0 aliphatic rings. The quantitative estimate of drug-likeness (QED) is 0.729. The lowest BCUT2D eigenvalue weighted by atomic mass is 9.96. The summed E-state index contributed by atoms with van der Waals surface area (Å²) in [6.45, 7) is 2.36. The van der Waals surface area contributed by atoms with Gasteiger partial charge in [0.2, 0.25) is 0 Å². The molecule has 0 aliphatic carbocycles. The van der Waals surface area contributed by atoms with Crippen LogP contribution in [-0.2, 0) is 6.42 Å². The molecular formula is C11H17NO. The van der Waals surface area contributed by atoms with Crippen molar-refractivity contribution in [3.8, 4) is 0 Å². The predicted octanol–water partition coefficient (Wildman–Crippen LogP) is 1.18. The number of aliphatic hydroxyl groups excluding tert-OH is 1. The van der Waals surface area contributed by atoms with E-state index in [1.54, 1.807) is 0 Å². The summed E-state index contributed by atoms with van der Waals surface area (Å²) in [6, 6.07) is 10.2. The predicted molar refractivity (Wildman–Crippen MR) is 54.4 cm³/mol. The first-order chi connectivity index (χ1) is 6.24. The molecule has 2 heteroatoms. The van der Waals surface area contributed by atoms with Crippen molar-refractivity contribution >= 4 is 0 Å². The smallest absolute Gasteiger partial charge is 0.0691 e. The molecular weight excluding hydrogens is 162 g/mol. The Hall–Kier alpha value is -0.860. The molecule has 2 nitrogen and oxygen atoms in total. The Balaban J connectivity index is 2.50. The summed E-state index contributed by atoms with van der Waals surface area (Å²) in [4.78, 5) is 0. The zero-order valence-electron chi connectivity index (χ0n) is 7.98. The first-order valence-corrected chi connectivity index (χ1v) is 4.66. The topological polar surface area (TPSA) is 46.2 Å². The maximum Gasteiger partial charge on any atom is 0.0691 e. The van der Waals surface area contributed by atoms with E-state index in [2.05, 4.69) is 12.1 Å². The van der Waals surface area contributed by atoms with Crippen molar-refractivity contribution in [2.24, 2.45) is 11.7 Å². The van der Waals surface area contributed by atoms with Crippen molar-refractivity contribution in [2.45, 2.75) is 19.4 Å². The highest BCUT2D eigenvalue weighted by molar-refractivity contribution is 5.15. The molecule has 1 aromatic carbocycles. The largest absolute Gasteiger partial charge is 0.392 e. The molecule has 3 N–H and O–H groups in total. The van der Waals surface area contributed by atoms with Gasteiger partial charge in [-0.3, -0.25) is 0 Å². The molecule has 0 spiro atoms. The van der Waals surface area contributed by atoms with Crippen LogP contribution in [0.5, 0.6) is 0 Å². The van der Waals surface area contributed by atoms with Crippen LogP contribution in [0.3, 0.4) is 0 Å². The molecule has 72 valence electrons. The lowest BCUT2D eigenvalue weighted by Gasteiger charge is -2.16. The maximum absolute atomic E-state index is 9.46. The van der Waals surface area contributed by atoms with Crippen molar-refractivity contribution in [1.82, 2.24) is 0 Å². The molecule has 0 unspecified atom stereocenters. The van der Waals surface area contributed by atoms with Crippen LogP contribution in [0.4, 0.5) is 0 Å². The minimum Gasteiger partial charge on any atom is -0.392 e. The fourth-order valence-electron chi connectivity index (χ4n) is 1.35. The van der Waals surface area contributed by atoms with Gasteiger partial charge in [0.15, 0.2) is 0 Å². The standard InChI is InChI=1S/C11H17NO/c1-9(11(13)8-12)7-10-5-3-2-4-6-10/h2-6,9,11,13H,7-8,12H2,1H3/t9-,11+/m0/s1. The third-order valence-corrected chi connectivity index (χ3v) is 2.30. The van der Waals surface area contributed by atoms with E-state index in [0.717, 1.165) is 6.42 Å². The Morgan fingerprint density at radius 2 is 1.92 bits per heavy atom. The summed E-state index contributed by atoms with van der Waals surface area (Å²) in [7, 11) is 0. The number of hydrogen-bond acceptors (Lipinski definition) is 2. The van der Waals surface area contributed by atoms with Gasteiger partial charge >= 0.3 is 0 Å². The zero-order chi connectivity index (χ0) is 9.68. The van der Waals surface area contributed by atoms with Crippen molar-refractivity contribution in [2.75, 3.05) is 6.54 Å². The monoisotopic (exact) mass is 179 g/mol. The fourth-order valence-corrected chi connectivity index (χ4v) is 1.35. The molecule has 0 saturated heterocycles. The minimum absolute atomic E-state index is 0.229. The van der Waals surface area contributed by atoms with Gasteiger partial charge in [-0.25, -0.2) is 0 Å². The molecule has 0 radical (unpaired) electrons. The Morgan fingerprint density at radius 3 is 2.46 bits per heavy atom. The van der Waals surface area contributed by atoms with Crippen molar-refractivity contribution in [3.05, 3.63) is 35.9 Å². The van der Waals surface area contributed by atoms with Gasteiger partial charge in [0, 0.05) is 6.54 Å². The van der Waals surface area contributed by atoms with Crippen molar-refractivity contribution < 1.29 is 5.11 Å². The molecule has 0 heterocycles. The Kier molecular flexibility index (Phi) is 3.93. The molecule has 0 fully saturated rings. The minimum atomic E-state index is -0.389. The van der Waals surface area contributed by atoms with E-state index in [0.29, 0.717) is 6.54 Å². The number of benzene rings is 1. The van der Waals surface area contributed by atoms with Gasteiger partial charge in [0.25, 0.3) is 0 Å². The first-order valence-electron chi connectivity index (χ1n) is 4.66. The Labute approximate surface area is 79.4 Å². The summed E-state index contributed by atoms with van der Waals surface area (Å²) in [5, 5.41) is 9.46. The van der Waals surface area contributed by atoms with Crippen LogP contribution >= 0.6 is 0 Å². The molecule has 1 rings (SSSR count). The molecule has 0 aromatic heterocycles. The maximum atomic E-state index is 9.46. The van der Waals surface area contributed by atoms with Crippen LogP contribution in [-0.4, -0.2) is 17.8 Å². The average molecular weight is 179 g/mol. The van der Waals surface area contributed by atoms with E-state index >= 15 is 0 Å². The van der Waals surface area contributed by atoms with Crippen LogP contribution in [0.1, 0.15) is 12.5 Å². The average Bonchev–Trinajstić information content (AvgIpc) is 2.18. The van der Waals surface area contributed by atoms with Crippen LogP contribution in [0.25, 0.3) is 0 Å². The van der Waals surface area contributed by atoms with Crippen LogP contribution < -0.4 is 5.73 Å². The Bertz CT molecular complexity index is 235. The van der Waals surface area contributed by atoms with E-state index in [1.165, 1.54) is 5.56 Å². The number of nitrogens with two attached hydrogens (primary N) is 1. The molecule has 2 atom stereocenters. The molecule has 0 amide bonds. The second-order valence-electron chi connectivity index (χ2n) is 3.47. The molecule has 0 bridgehead atoms. The van der Waals surface area contributed by atoms with Gasteiger partial charge in [-0.05, 0) is 17.9 Å². The van der Waals surface area contributed by atoms with Crippen LogP contribution in [0.2, 0.25) is 0 Å². The van der Waals surface area contributed by atoms with E-state index in [4.69, 9.17) is 5.73 Å². The second-order valence-corrected chi connectivity index (χ2v) is 3.47. The van der Waals surface area contributed by atoms with Crippen molar-refractivity contribution in [3.63, 3.8) is 0 Å². The highest BCUT2D eigenvalue weighted by Crippen LogP contribution is 2.10. The third-order valence-electron chi connectivity index (χ3n) is 2.30. The number of aliphatic hydroxyl groups is 1. The van der Waals surface area contributed by atoms with Gasteiger partial charge in [0.05, 0.1) is 6.10 Å². The number of rotatable bonds is 4. The van der Waals surface area contributed by atoms with Crippen LogP contribution in [0, 0.1) is 5.92 Å². The summed E-state index contributed by atoms with van der Waals surface area (Å²) in [5.41, 5.74) is 6.63. The second kappa shape index (κ2) is 5.00. The van der Waals surface area contributed by atoms with E-state index in [-0.39, 0.29) is 12.0 Å². The van der Waals surface area contributed by atoms with Gasteiger partial charge in [-0.1, -0.05) is 37.3 Å². The van der Waals surface area contributed by atoms with Crippen molar-refractivity contribution in [1.29, 1.82) is 0 Å². The third kappa shape index (κ3) is 3.17. The summed E-state index contributed by atoms with van der Waals surface area (Å²) in [5.74, 6) is 0.229. The van der Waals surface area contributed by atoms with E-state index < -0.39 is 0 Å². The van der Waals surface area contributed by atoms with Crippen LogP contribution in [0.15, 0.2) is 30.3 Å². The molecule has 0 saturated carbocycles. The van der Waals surface area contributed by atoms with E-state index in [1.807, 2.05) is 25.1 Å². The SMILES string of the molecule is C[C@@H](Cc1ccccc1)[C@H](O)CN. The molecule has 1 aromatic rings. The lowest BCUT2D eigenvalue weighted by Crippen LogP contribution is -2.28.